The summed E-state index contributed by atoms with van der Waals surface area (Å²) in [6.45, 7) is 0. The fraction of sp³-hybridized carbons (Fsp3) is 0. The van der Waals surface area contributed by atoms with E-state index in [2.05, 4.69) is 31.1 Å². The highest BCUT2D eigenvalue weighted by Crippen LogP contribution is 2.33. The second-order valence-electron chi connectivity index (χ2n) is 3.99. The first-order valence-corrected chi connectivity index (χ1v) is 7.39. The van der Waals surface area contributed by atoms with Crippen molar-refractivity contribution in [2.75, 3.05) is 5.84 Å². The van der Waals surface area contributed by atoms with E-state index >= 15 is 0 Å². The first-order chi connectivity index (χ1) is 10.6. The van der Waals surface area contributed by atoms with Crippen LogP contribution in [0.5, 0.6) is 0 Å². The van der Waals surface area contributed by atoms with Gasteiger partial charge in [0.05, 0.1) is 15.7 Å². The summed E-state index contributed by atoms with van der Waals surface area (Å²) in [6, 6.07) is 4.78. The molecule has 0 aliphatic heterocycles. The quantitative estimate of drug-likeness (QED) is 0.414. The molecule has 0 radical (unpaired) electrons. The summed E-state index contributed by atoms with van der Waals surface area (Å²) < 4.78 is 6.95. The van der Waals surface area contributed by atoms with Gasteiger partial charge >= 0.3 is 0 Å². The molecule has 3 aromatic heterocycles. The lowest BCUT2D eigenvalue weighted by atomic mass is 10.4. The Morgan fingerprint density at radius 1 is 1.45 bits per heavy atom. The van der Waals surface area contributed by atoms with Crippen LogP contribution in [0.4, 0.5) is 5.69 Å². The largest absolute Gasteiger partial charge is 0.461 e. The predicted octanol–water partition coefficient (Wildman–Crippen LogP) is 2.47. The van der Waals surface area contributed by atoms with Crippen LogP contribution in [0.25, 0.3) is 11.6 Å². The van der Waals surface area contributed by atoms with Crippen molar-refractivity contribution in [3.8, 4) is 11.6 Å². The van der Waals surface area contributed by atoms with Crippen LogP contribution in [0.1, 0.15) is 0 Å². The number of nitrogens with two attached hydrogens (primary N) is 1. The average Bonchev–Trinajstić information content (AvgIpc) is 3.11. The fourth-order valence-corrected chi connectivity index (χ4v) is 2.88. The van der Waals surface area contributed by atoms with Crippen LogP contribution in [0.2, 0.25) is 0 Å². The van der Waals surface area contributed by atoms with Crippen LogP contribution in [0.15, 0.2) is 49.7 Å². The Morgan fingerprint density at radius 2 is 2.27 bits per heavy atom. The number of pyridine rings is 1. The number of furan rings is 1. The lowest BCUT2D eigenvalue weighted by Crippen LogP contribution is -2.11. The van der Waals surface area contributed by atoms with Gasteiger partial charge < -0.3 is 10.3 Å². The monoisotopic (exact) mass is 382 g/mol. The minimum atomic E-state index is -0.521. The van der Waals surface area contributed by atoms with Gasteiger partial charge in [-0.3, -0.25) is 10.1 Å². The maximum Gasteiger partial charge on any atom is 0.288 e. The Bertz CT molecular complexity index is 834. The number of nitro groups is 1. The summed E-state index contributed by atoms with van der Waals surface area (Å²) >= 11 is 4.36. The molecule has 0 aliphatic carbocycles. The standard InChI is InChI=1S/C11H7BrN6O3S/c12-7-4-6(18(19)20)5-14-10(7)22-11-16-15-9(17(11)13)8-2-1-3-21-8/h1-5H,13H2. The fourth-order valence-electron chi connectivity index (χ4n) is 1.60. The lowest BCUT2D eigenvalue weighted by Gasteiger charge is -2.03. The Morgan fingerprint density at radius 3 is 2.91 bits per heavy atom. The molecule has 3 aromatic rings. The van der Waals surface area contributed by atoms with E-state index in [0.29, 0.717) is 26.2 Å². The third kappa shape index (κ3) is 2.67. The number of hydrogen-bond donors (Lipinski definition) is 1. The highest BCUT2D eigenvalue weighted by atomic mass is 79.9. The van der Waals surface area contributed by atoms with E-state index in [-0.39, 0.29) is 5.69 Å². The highest BCUT2D eigenvalue weighted by molar-refractivity contribution is 9.10. The van der Waals surface area contributed by atoms with Crippen LogP contribution < -0.4 is 5.84 Å². The number of nitrogen functional groups attached to an aromatic ring is 1. The zero-order valence-corrected chi connectivity index (χ0v) is 13.1. The molecule has 22 heavy (non-hydrogen) atoms. The predicted molar refractivity (Wildman–Crippen MR) is 80.6 cm³/mol. The van der Waals surface area contributed by atoms with E-state index < -0.39 is 4.92 Å². The van der Waals surface area contributed by atoms with Gasteiger partial charge in [-0.15, -0.1) is 10.2 Å². The van der Waals surface area contributed by atoms with Gasteiger partial charge in [-0.2, -0.15) is 0 Å². The molecule has 0 saturated carbocycles. The van der Waals surface area contributed by atoms with Crippen LogP contribution in [0.3, 0.4) is 0 Å². The molecule has 3 heterocycles. The average molecular weight is 383 g/mol. The van der Waals surface area contributed by atoms with E-state index in [1.165, 1.54) is 17.0 Å². The smallest absolute Gasteiger partial charge is 0.288 e. The molecule has 0 atom stereocenters. The third-order valence-corrected chi connectivity index (χ3v) is 4.44. The van der Waals surface area contributed by atoms with Gasteiger partial charge in [0, 0.05) is 6.07 Å². The molecule has 0 aromatic carbocycles. The Hall–Kier alpha value is -2.40. The van der Waals surface area contributed by atoms with Gasteiger partial charge in [-0.25, -0.2) is 9.66 Å². The first kappa shape index (κ1) is 14.5. The van der Waals surface area contributed by atoms with Crippen LogP contribution in [0, 0.1) is 10.1 Å². The van der Waals surface area contributed by atoms with Crippen molar-refractivity contribution in [3.05, 3.63) is 45.2 Å². The molecular formula is C11H7BrN6O3S. The topological polar surface area (TPSA) is 126 Å². The van der Waals surface area contributed by atoms with Gasteiger partial charge in [0.2, 0.25) is 11.0 Å². The minimum Gasteiger partial charge on any atom is -0.461 e. The molecule has 3 rings (SSSR count). The number of aromatic nitrogens is 4. The molecule has 0 unspecified atom stereocenters. The molecule has 0 spiro atoms. The van der Waals surface area contributed by atoms with Crippen LogP contribution in [-0.4, -0.2) is 24.8 Å². The zero-order valence-electron chi connectivity index (χ0n) is 10.7. The summed E-state index contributed by atoms with van der Waals surface area (Å²) in [5, 5.41) is 19.5. The SMILES string of the molecule is Nn1c(Sc2ncc([N+](=O)[O-])cc2Br)nnc1-c1ccco1. The molecule has 0 amide bonds. The van der Waals surface area contributed by atoms with Crippen LogP contribution >= 0.6 is 27.7 Å². The number of rotatable bonds is 4. The minimum absolute atomic E-state index is 0.110. The second kappa shape index (κ2) is 5.77. The van der Waals surface area contributed by atoms with Gasteiger partial charge in [0.25, 0.3) is 5.69 Å². The van der Waals surface area contributed by atoms with Crippen molar-refractivity contribution in [1.29, 1.82) is 0 Å². The van der Waals surface area contributed by atoms with Crippen molar-refractivity contribution in [2.24, 2.45) is 0 Å². The maximum atomic E-state index is 10.7. The van der Waals surface area contributed by atoms with E-state index in [9.17, 15) is 10.1 Å². The van der Waals surface area contributed by atoms with E-state index in [4.69, 9.17) is 10.3 Å². The van der Waals surface area contributed by atoms with E-state index in [0.717, 1.165) is 18.0 Å². The normalized spacial score (nSPS) is 10.8. The molecule has 9 nitrogen and oxygen atoms in total. The van der Waals surface area contributed by atoms with Gasteiger partial charge in [0.1, 0.15) is 11.2 Å². The number of halogens is 1. The van der Waals surface area contributed by atoms with E-state index in [1.54, 1.807) is 12.1 Å². The van der Waals surface area contributed by atoms with Crippen molar-refractivity contribution in [2.45, 2.75) is 10.2 Å². The molecule has 112 valence electrons. The molecule has 0 bridgehead atoms. The third-order valence-electron chi connectivity index (χ3n) is 2.60. The second-order valence-corrected chi connectivity index (χ2v) is 5.80. The maximum absolute atomic E-state index is 10.7. The summed E-state index contributed by atoms with van der Waals surface area (Å²) in [5.41, 5.74) is -0.110. The number of nitrogens with zero attached hydrogens (tertiary/aromatic N) is 5. The lowest BCUT2D eigenvalue weighted by molar-refractivity contribution is -0.385. The molecule has 0 aliphatic rings. The van der Waals surface area contributed by atoms with Crippen molar-refractivity contribution >= 4 is 33.4 Å². The summed E-state index contributed by atoms with van der Waals surface area (Å²) in [4.78, 5) is 14.2. The Labute approximate surface area is 135 Å². The van der Waals surface area contributed by atoms with Gasteiger partial charge in [0.15, 0.2) is 5.76 Å². The highest BCUT2D eigenvalue weighted by Gasteiger charge is 2.18. The van der Waals surface area contributed by atoms with Gasteiger partial charge in [-0.05, 0) is 39.8 Å². The number of hydrogen-bond acceptors (Lipinski definition) is 8. The summed E-state index contributed by atoms with van der Waals surface area (Å²) in [6.07, 6.45) is 2.67. The van der Waals surface area contributed by atoms with Crippen molar-refractivity contribution < 1.29 is 9.34 Å². The molecule has 2 N–H and O–H groups in total. The van der Waals surface area contributed by atoms with Crippen LogP contribution in [-0.2, 0) is 0 Å². The first-order valence-electron chi connectivity index (χ1n) is 5.78. The molecule has 11 heteroatoms. The molecular weight excluding hydrogens is 376 g/mol. The zero-order chi connectivity index (χ0) is 15.7. The summed E-state index contributed by atoms with van der Waals surface area (Å²) in [5.74, 6) is 6.78. The molecule has 0 fully saturated rings. The van der Waals surface area contributed by atoms with Crippen molar-refractivity contribution in [1.82, 2.24) is 19.9 Å². The van der Waals surface area contributed by atoms with Gasteiger partial charge in [-0.1, -0.05) is 0 Å². The Kier molecular flexibility index (Phi) is 3.81. The molecule has 0 saturated heterocycles. The Balaban J connectivity index is 1.90. The van der Waals surface area contributed by atoms with Crippen molar-refractivity contribution in [3.63, 3.8) is 0 Å². The van der Waals surface area contributed by atoms with E-state index in [1.807, 2.05) is 0 Å². The summed E-state index contributed by atoms with van der Waals surface area (Å²) in [7, 11) is 0.